The molecule has 0 saturated carbocycles. The molecule has 2 atom stereocenters. The number of hydrogen-bond acceptors (Lipinski definition) is 4. The molecule has 2 N–H and O–H groups in total. The molecule has 0 aromatic heterocycles. The molecule has 1 aliphatic heterocycles. The summed E-state index contributed by atoms with van der Waals surface area (Å²) in [7, 11) is -3.61. The van der Waals surface area contributed by atoms with Crippen LogP contribution in [0.4, 0.5) is 4.39 Å². The van der Waals surface area contributed by atoms with Gasteiger partial charge in [0, 0.05) is 18.5 Å². The number of carbonyl (C=O) groups excluding carboxylic acids is 1. The quantitative estimate of drug-likeness (QED) is 0.794. The van der Waals surface area contributed by atoms with Crippen molar-refractivity contribution in [1.82, 2.24) is 10.6 Å². The molecule has 2 unspecified atom stereocenters. The second-order valence-corrected chi connectivity index (χ2v) is 7.72. The maximum atomic E-state index is 12.9. The van der Waals surface area contributed by atoms with Crippen LogP contribution in [0.15, 0.2) is 29.2 Å². The topological polar surface area (TPSA) is 75.3 Å². The second kappa shape index (κ2) is 7.19. The van der Waals surface area contributed by atoms with Crippen LogP contribution in [0.25, 0.3) is 0 Å². The van der Waals surface area contributed by atoms with Gasteiger partial charge in [-0.2, -0.15) is 0 Å². The van der Waals surface area contributed by atoms with Gasteiger partial charge in [0.1, 0.15) is 5.82 Å². The standard InChI is InChI=1S/C15H21FN2O3S/c1-11(15(19)18-13-3-2-8-17-9-13)10-22(20,21)14-6-4-12(16)5-7-14/h4-7,11,13,17H,2-3,8-10H2,1H3,(H,18,19). The lowest BCUT2D eigenvalue weighted by molar-refractivity contribution is -0.124. The molecule has 7 heteroatoms. The van der Waals surface area contributed by atoms with E-state index in [2.05, 4.69) is 10.6 Å². The fraction of sp³-hybridized carbons (Fsp3) is 0.533. The van der Waals surface area contributed by atoms with E-state index >= 15 is 0 Å². The van der Waals surface area contributed by atoms with Gasteiger partial charge in [-0.15, -0.1) is 0 Å². The fourth-order valence-electron chi connectivity index (χ4n) is 2.46. The lowest BCUT2D eigenvalue weighted by Gasteiger charge is -2.25. The first kappa shape index (κ1) is 16.9. The number of carbonyl (C=O) groups is 1. The highest BCUT2D eigenvalue weighted by molar-refractivity contribution is 7.91. The Balaban J connectivity index is 1.95. The number of amides is 1. The molecule has 1 heterocycles. The van der Waals surface area contributed by atoms with Crippen LogP contribution in [0.1, 0.15) is 19.8 Å². The average molecular weight is 328 g/mol. The summed E-state index contributed by atoms with van der Waals surface area (Å²) in [6.45, 7) is 3.25. The first-order chi connectivity index (χ1) is 10.4. The third kappa shape index (κ3) is 4.51. The van der Waals surface area contributed by atoms with Gasteiger partial charge in [0.2, 0.25) is 5.91 Å². The number of benzene rings is 1. The zero-order valence-corrected chi connectivity index (χ0v) is 13.3. The van der Waals surface area contributed by atoms with Crippen LogP contribution in [-0.2, 0) is 14.6 Å². The van der Waals surface area contributed by atoms with E-state index in [-0.39, 0.29) is 22.6 Å². The van der Waals surface area contributed by atoms with Gasteiger partial charge in [0.15, 0.2) is 9.84 Å². The van der Waals surface area contributed by atoms with Crippen LogP contribution >= 0.6 is 0 Å². The molecule has 1 aromatic carbocycles. The van der Waals surface area contributed by atoms with E-state index in [1.165, 1.54) is 12.1 Å². The van der Waals surface area contributed by atoms with Crippen LogP contribution in [0.2, 0.25) is 0 Å². The Labute approximate surface area is 130 Å². The monoisotopic (exact) mass is 328 g/mol. The van der Waals surface area contributed by atoms with Crippen molar-refractivity contribution >= 4 is 15.7 Å². The van der Waals surface area contributed by atoms with Crippen molar-refractivity contribution in [2.45, 2.75) is 30.7 Å². The predicted octanol–water partition coefficient (Wildman–Crippen LogP) is 1.10. The summed E-state index contributed by atoms with van der Waals surface area (Å²) in [6.07, 6.45) is 1.89. The lowest BCUT2D eigenvalue weighted by atomic mass is 10.1. The number of hydrogen-bond donors (Lipinski definition) is 2. The molecule has 2 rings (SSSR count). The van der Waals surface area contributed by atoms with E-state index in [4.69, 9.17) is 0 Å². The van der Waals surface area contributed by atoms with E-state index in [1.54, 1.807) is 6.92 Å². The molecule has 1 saturated heterocycles. The van der Waals surface area contributed by atoms with Crippen LogP contribution in [0.5, 0.6) is 0 Å². The maximum Gasteiger partial charge on any atom is 0.224 e. The number of nitrogens with one attached hydrogen (secondary N) is 2. The van der Waals surface area contributed by atoms with Gasteiger partial charge in [0.05, 0.1) is 10.6 Å². The molecule has 0 spiro atoms. The molecule has 22 heavy (non-hydrogen) atoms. The molecule has 0 radical (unpaired) electrons. The molecule has 1 aliphatic rings. The van der Waals surface area contributed by atoms with Gasteiger partial charge >= 0.3 is 0 Å². The van der Waals surface area contributed by atoms with Gasteiger partial charge in [-0.1, -0.05) is 6.92 Å². The summed E-state index contributed by atoms with van der Waals surface area (Å²) in [6, 6.07) is 4.70. The van der Waals surface area contributed by atoms with Gasteiger partial charge in [-0.3, -0.25) is 4.79 Å². The Bertz CT molecular complexity index is 610. The highest BCUT2D eigenvalue weighted by atomic mass is 32.2. The minimum atomic E-state index is -3.61. The van der Waals surface area contributed by atoms with E-state index in [0.717, 1.165) is 31.5 Å². The Hall–Kier alpha value is -1.47. The molecular formula is C15H21FN2O3S. The normalized spacial score (nSPS) is 20.4. The molecule has 0 aliphatic carbocycles. The van der Waals surface area contributed by atoms with E-state index in [9.17, 15) is 17.6 Å². The van der Waals surface area contributed by atoms with Crippen molar-refractivity contribution in [2.24, 2.45) is 5.92 Å². The summed E-state index contributed by atoms with van der Waals surface area (Å²) >= 11 is 0. The zero-order valence-electron chi connectivity index (χ0n) is 12.5. The summed E-state index contributed by atoms with van der Waals surface area (Å²) < 4.78 is 37.3. The molecule has 1 amide bonds. The second-order valence-electron chi connectivity index (χ2n) is 5.69. The average Bonchev–Trinajstić information content (AvgIpc) is 2.48. The molecule has 1 aromatic rings. The van der Waals surface area contributed by atoms with E-state index in [1.807, 2.05) is 0 Å². The van der Waals surface area contributed by atoms with Gasteiger partial charge < -0.3 is 10.6 Å². The lowest BCUT2D eigenvalue weighted by Crippen LogP contribution is -2.47. The summed E-state index contributed by atoms with van der Waals surface area (Å²) in [5, 5.41) is 6.07. The van der Waals surface area contributed by atoms with Crippen molar-refractivity contribution < 1.29 is 17.6 Å². The number of sulfone groups is 1. The molecular weight excluding hydrogens is 307 g/mol. The Morgan fingerprint density at radius 3 is 2.68 bits per heavy atom. The fourth-order valence-corrected chi connectivity index (χ4v) is 4.01. The number of piperidine rings is 1. The summed E-state index contributed by atoms with van der Waals surface area (Å²) in [5.74, 6) is -1.70. The maximum absolute atomic E-state index is 12.9. The van der Waals surface area contributed by atoms with Crippen LogP contribution < -0.4 is 10.6 Å². The van der Waals surface area contributed by atoms with Crippen molar-refractivity contribution in [3.8, 4) is 0 Å². The minimum Gasteiger partial charge on any atom is -0.352 e. The van der Waals surface area contributed by atoms with Crippen molar-refractivity contribution in [3.05, 3.63) is 30.1 Å². The minimum absolute atomic E-state index is 0.0351. The molecule has 122 valence electrons. The predicted molar refractivity (Wildman–Crippen MR) is 81.7 cm³/mol. The highest BCUT2D eigenvalue weighted by Crippen LogP contribution is 2.15. The zero-order chi connectivity index (χ0) is 16.2. The SMILES string of the molecule is CC(CS(=O)(=O)c1ccc(F)cc1)C(=O)NC1CCCNC1. The largest absolute Gasteiger partial charge is 0.352 e. The van der Waals surface area contributed by atoms with Crippen LogP contribution in [-0.4, -0.2) is 39.2 Å². The first-order valence-electron chi connectivity index (χ1n) is 7.38. The Morgan fingerprint density at radius 2 is 2.09 bits per heavy atom. The molecule has 5 nitrogen and oxygen atoms in total. The Morgan fingerprint density at radius 1 is 1.41 bits per heavy atom. The van der Waals surface area contributed by atoms with Crippen molar-refractivity contribution in [3.63, 3.8) is 0 Å². The summed E-state index contributed by atoms with van der Waals surface area (Å²) in [4.78, 5) is 12.1. The van der Waals surface area contributed by atoms with Crippen LogP contribution in [0.3, 0.4) is 0 Å². The first-order valence-corrected chi connectivity index (χ1v) is 9.03. The smallest absolute Gasteiger partial charge is 0.224 e. The van der Waals surface area contributed by atoms with E-state index < -0.39 is 21.6 Å². The van der Waals surface area contributed by atoms with Crippen molar-refractivity contribution in [2.75, 3.05) is 18.8 Å². The van der Waals surface area contributed by atoms with Gasteiger partial charge in [0.25, 0.3) is 0 Å². The van der Waals surface area contributed by atoms with Crippen molar-refractivity contribution in [1.29, 1.82) is 0 Å². The summed E-state index contributed by atoms with van der Waals surface area (Å²) in [5.41, 5.74) is 0. The number of rotatable bonds is 5. The Kier molecular flexibility index (Phi) is 5.52. The third-order valence-electron chi connectivity index (χ3n) is 3.73. The van der Waals surface area contributed by atoms with Gasteiger partial charge in [-0.25, -0.2) is 12.8 Å². The van der Waals surface area contributed by atoms with Gasteiger partial charge in [-0.05, 0) is 43.7 Å². The highest BCUT2D eigenvalue weighted by Gasteiger charge is 2.25. The molecule has 0 bridgehead atoms. The number of halogens is 1. The third-order valence-corrected chi connectivity index (χ3v) is 5.66. The van der Waals surface area contributed by atoms with Crippen LogP contribution in [0, 0.1) is 11.7 Å². The van der Waals surface area contributed by atoms with E-state index in [0.29, 0.717) is 6.54 Å². The molecule has 1 fully saturated rings.